The highest BCUT2D eigenvalue weighted by Gasteiger charge is 2.20. The molecular formula is C11H21NO. The topological polar surface area (TPSA) is 29.1 Å². The van der Waals surface area contributed by atoms with E-state index in [1.807, 2.05) is 0 Å². The van der Waals surface area contributed by atoms with Crippen molar-refractivity contribution in [2.75, 3.05) is 7.05 Å². The smallest absolute Gasteiger partial charge is 0.246 e. The Hall–Kier alpha value is -0.790. The summed E-state index contributed by atoms with van der Waals surface area (Å²) in [6.45, 7) is 10.3. The Morgan fingerprint density at radius 1 is 1.38 bits per heavy atom. The van der Waals surface area contributed by atoms with E-state index < -0.39 is 0 Å². The van der Waals surface area contributed by atoms with Gasteiger partial charge in [-0.05, 0) is 18.3 Å². The second-order valence-electron chi connectivity index (χ2n) is 3.50. The van der Waals surface area contributed by atoms with Gasteiger partial charge in [-0.1, -0.05) is 33.8 Å². The van der Waals surface area contributed by atoms with Crippen molar-refractivity contribution in [3.63, 3.8) is 0 Å². The molecule has 1 amide bonds. The van der Waals surface area contributed by atoms with Gasteiger partial charge in [-0.15, -0.1) is 0 Å². The van der Waals surface area contributed by atoms with E-state index in [9.17, 15) is 4.79 Å². The molecule has 0 aliphatic carbocycles. The number of carbonyl (C=O) groups excluding carboxylic acids is 1. The van der Waals surface area contributed by atoms with Gasteiger partial charge in [0.15, 0.2) is 0 Å². The molecule has 0 aliphatic heterocycles. The zero-order valence-corrected chi connectivity index (χ0v) is 9.18. The summed E-state index contributed by atoms with van der Waals surface area (Å²) in [6, 6.07) is 0. The fourth-order valence-electron chi connectivity index (χ4n) is 1.61. The average Bonchev–Trinajstić information content (AvgIpc) is 2.17. The first-order valence-corrected chi connectivity index (χ1v) is 4.99. The Kier molecular flexibility index (Phi) is 5.44. The van der Waals surface area contributed by atoms with E-state index in [4.69, 9.17) is 0 Å². The molecule has 13 heavy (non-hydrogen) atoms. The van der Waals surface area contributed by atoms with Crippen molar-refractivity contribution >= 4 is 5.91 Å². The van der Waals surface area contributed by atoms with Crippen molar-refractivity contribution < 1.29 is 4.79 Å². The van der Waals surface area contributed by atoms with Crippen LogP contribution < -0.4 is 5.32 Å². The zero-order valence-electron chi connectivity index (χ0n) is 9.18. The molecule has 2 nitrogen and oxygen atoms in total. The molecule has 0 fully saturated rings. The maximum absolute atomic E-state index is 11.3. The zero-order chi connectivity index (χ0) is 10.4. The lowest BCUT2D eigenvalue weighted by Crippen LogP contribution is -2.26. The van der Waals surface area contributed by atoms with E-state index >= 15 is 0 Å². The molecule has 0 aliphatic rings. The van der Waals surface area contributed by atoms with Crippen LogP contribution in [-0.4, -0.2) is 13.0 Å². The van der Waals surface area contributed by atoms with Gasteiger partial charge in [0, 0.05) is 12.6 Å². The lowest BCUT2D eigenvalue weighted by Gasteiger charge is -2.22. The standard InChI is InChI=1S/C11H21NO/c1-6-8(3)10(7-2)9(4)11(13)12-5/h8,10H,4,6-7H2,1-3,5H3,(H,12,13)/t8-,10?/m0/s1. The predicted molar refractivity (Wildman–Crippen MR) is 56.4 cm³/mol. The van der Waals surface area contributed by atoms with Crippen LogP contribution in [0.2, 0.25) is 0 Å². The number of rotatable bonds is 5. The molecule has 0 saturated carbocycles. The largest absolute Gasteiger partial charge is 0.355 e. The molecule has 0 heterocycles. The van der Waals surface area contributed by atoms with Crippen LogP contribution in [0.5, 0.6) is 0 Å². The summed E-state index contributed by atoms with van der Waals surface area (Å²) < 4.78 is 0. The molecule has 1 unspecified atom stereocenters. The first kappa shape index (κ1) is 12.2. The minimum atomic E-state index is -0.0212. The van der Waals surface area contributed by atoms with Crippen LogP contribution in [0, 0.1) is 11.8 Å². The van der Waals surface area contributed by atoms with Gasteiger partial charge >= 0.3 is 0 Å². The molecule has 0 aromatic carbocycles. The van der Waals surface area contributed by atoms with Gasteiger partial charge in [0.25, 0.3) is 0 Å². The normalized spacial score (nSPS) is 14.8. The number of nitrogens with one attached hydrogen (secondary N) is 1. The third kappa shape index (κ3) is 3.21. The number of amides is 1. The van der Waals surface area contributed by atoms with Crippen molar-refractivity contribution in [1.82, 2.24) is 5.32 Å². The minimum Gasteiger partial charge on any atom is -0.355 e. The van der Waals surface area contributed by atoms with Gasteiger partial charge in [0.2, 0.25) is 5.91 Å². The summed E-state index contributed by atoms with van der Waals surface area (Å²) in [7, 11) is 1.65. The van der Waals surface area contributed by atoms with Gasteiger partial charge in [-0.25, -0.2) is 0 Å². The van der Waals surface area contributed by atoms with Crippen molar-refractivity contribution in [2.24, 2.45) is 11.8 Å². The Morgan fingerprint density at radius 2 is 1.92 bits per heavy atom. The molecule has 0 radical (unpaired) electrons. The third-order valence-electron chi connectivity index (χ3n) is 2.74. The van der Waals surface area contributed by atoms with Gasteiger partial charge in [-0.2, -0.15) is 0 Å². The molecule has 2 heteroatoms. The van der Waals surface area contributed by atoms with E-state index in [-0.39, 0.29) is 5.91 Å². The maximum Gasteiger partial charge on any atom is 0.246 e. The van der Waals surface area contributed by atoms with Crippen LogP contribution in [-0.2, 0) is 4.79 Å². The molecule has 0 saturated heterocycles. The number of hydrogen-bond donors (Lipinski definition) is 1. The second-order valence-corrected chi connectivity index (χ2v) is 3.50. The summed E-state index contributed by atoms with van der Waals surface area (Å²) >= 11 is 0. The van der Waals surface area contributed by atoms with Crippen LogP contribution in [0.15, 0.2) is 12.2 Å². The van der Waals surface area contributed by atoms with E-state index in [1.54, 1.807) is 7.05 Å². The molecule has 0 aromatic rings. The number of likely N-dealkylation sites (N-methyl/N-ethyl adjacent to an activating group) is 1. The number of carbonyl (C=O) groups is 1. The van der Waals surface area contributed by atoms with Crippen molar-refractivity contribution in [3.8, 4) is 0 Å². The van der Waals surface area contributed by atoms with Crippen molar-refractivity contribution in [2.45, 2.75) is 33.6 Å². The van der Waals surface area contributed by atoms with Crippen LogP contribution in [0.1, 0.15) is 33.6 Å². The quantitative estimate of drug-likeness (QED) is 0.651. The first-order chi connectivity index (χ1) is 6.08. The predicted octanol–water partition coefficient (Wildman–Crippen LogP) is 2.36. The highest BCUT2D eigenvalue weighted by atomic mass is 16.1. The Bertz CT molecular complexity index is 187. The Morgan fingerprint density at radius 3 is 2.23 bits per heavy atom. The number of hydrogen-bond acceptors (Lipinski definition) is 1. The highest BCUT2D eigenvalue weighted by Crippen LogP contribution is 2.25. The van der Waals surface area contributed by atoms with Crippen LogP contribution in [0.3, 0.4) is 0 Å². The summed E-state index contributed by atoms with van der Waals surface area (Å²) in [5.74, 6) is 0.840. The fraction of sp³-hybridized carbons (Fsp3) is 0.727. The van der Waals surface area contributed by atoms with Crippen molar-refractivity contribution in [3.05, 3.63) is 12.2 Å². The summed E-state index contributed by atoms with van der Waals surface area (Å²) in [5, 5.41) is 2.62. The van der Waals surface area contributed by atoms with Gasteiger partial charge in [-0.3, -0.25) is 4.79 Å². The molecular weight excluding hydrogens is 162 g/mol. The van der Waals surface area contributed by atoms with Crippen LogP contribution in [0.4, 0.5) is 0 Å². The van der Waals surface area contributed by atoms with Crippen molar-refractivity contribution in [1.29, 1.82) is 0 Å². The Balaban J connectivity index is 4.40. The maximum atomic E-state index is 11.3. The fourth-order valence-corrected chi connectivity index (χ4v) is 1.61. The molecule has 2 atom stereocenters. The monoisotopic (exact) mass is 183 g/mol. The lowest BCUT2D eigenvalue weighted by molar-refractivity contribution is -0.117. The van der Waals surface area contributed by atoms with Gasteiger partial charge in [0.1, 0.15) is 0 Å². The SMILES string of the molecule is C=C(C(=O)NC)C(CC)[C@@H](C)CC. The first-order valence-electron chi connectivity index (χ1n) is 4.99. The minimum absolute atomic E-state index is 0.0212. The summed E-state index contributed by atoms with van der Waals surface area (Å²) in [4.78, 5) is 11.3. The molecule has 0 bridgehead atoms. The van der Waals surface area contributed by atoms with E-state index in [0.29, 0.717) is 11.8 Å². The van der Waals surface area contributed by atoms with E-state index in [2.05, 4.69) is 32.7 Å². The van der Waals surface area contributed by atoms with Crippen LogP contribution in [0.25, 0.3) is 0 Å². The molecule has 0 spiro atoms. The second kappa shape index (κ2) is 5.79. The van der Waals surface area contributed by atoms with Crippen LogP contribution >= 0.6 is 0 Å². The third-order valence-corrected chi connectivity index (χ3v) is 2.74. The summed E-state index contributed by atoms with van der Waals surface area (Å²) in [6.07, 6.45) is 2.08. The molecule has 0 rings (SSSR count). The van der Waals surface area contributed by atoms with E-state index in [1.165, 1.54) is 0 Å². The lowest BCUT2D eigenvalue weighted by atomic mass is 9.84. The summed E-state index contributed by atoms with van der Waals surface area (Å²) in [5.41, 5.74) is 0.722. The van der Waals surface area contributed by atoms with E-state index in [0.717, 1.165) is 18.4 Å². The van der Waals surface area contributed by atoms with Gasteiger partial charge in [0.05, 0.1) is 0 Å². The average molecular weight is 183 g/mol. The van der Waals surface area contributed by atoms with Gasteiger partial charge < -0.3 is 5.32 Å². The molecule has 76 valence electrons. The Labute approximate surface area is 81.4 Å². The molecule has 1 N–H and O–H groups in total. The molecule has 0 aromatic heterocycles. The highest BCUT2D eigenvalue weighted by molar-refractivity contribution is 5.93.